The molecule has 0 saturated heterocycles. The standard InChI is InChI=1S/C18H13Cl2N5S/c1-9-6-14(24-10(2)23-9)25-18-17-16(22-8-26-17)11(7-21-18)15-12(19)4-3-5-13(15)20/h3-8H,1-2H3,(H,21,23,24,25). The third kappa shape index (κ3) is 3.11. The number of aromatic nitrogens is 4. The molecule has 0 aliphatic carbocycles. The molecule has 0 radical (unpaired) electrons. The van der Waals surface area contributed by atoms with Crippen LogP contribution in [0, 0.1) is 13.8 Å². The van der Waals surface area contributed by atoms with E-state index in [-0.39, 0.29) is 0 Å². The SMILES string of the molecule is Cc1cc(Nc2ncc(-c3c(Cl)cccc3Cl)c3ncsc23)nc(C)n1. The van der Waals surface area contributed by atoms with Crippen molar-refractivity contribution in [2.45, 2.75) is 13.8 Å². The maximum atomic E-state index is 6.37. The van der Waals surface area contributed by atoms with Gasteiger partial charge in [-0.2, -0.15) is 0 Å². The first-order chi connectivity index (χ1) is 12.5. The summed E-state index contributed by atoms with van der Waals surface area (Å²) in [6.07, 6.45) is 1.73. The first-order valence-corrected chi connectivity index (χ1v) is 9.42. The van der Waals surface area contributed by atoms with E-state index in [0.717, 1.165) is 27.0 Å². The largest absolute Gasteiger partial charge is 0.324 e. The minimum atomic E-state index is 0.566. The number of aryl methyl sites for hydroxylation is 2. The van der Waals surface area contributed by atoms with E-state index in [4.69, 9.17) is 23.2 Å². The van der Waals surface area contributed by atoms with Crippen LogP contribution < -0.4 is 5.32 Å². The molecule has 3 heterocycles. The molecule has 0 aliphatic heterocycles. The number of hydrogen-bond acceptors (Lipinski definition) is 6. The van der Waals surface area contributed by atoms with Gasteiger partial charge in [0, 0.05) is 29.1 Å². The molecule has 4 rings (SSSR count). The molecule has 0 aliphatic rings. The third-order valence-electron chi connectivity index (χ3n) is 3.80. The molecule has 1 aromatic carbocycles. The van der Waals surface area contributed by atoms with E-state index in [1.807, 2.05) is 26.0 Å². The predicted octanol–water partition coefficient (Wildman–Crippen LogP) is 5.82. The molecule has 0 atom stereocenters. The van der Waals surface area contributed by atoms with Gasteiger partial charge in [0.2, 0.25) is 0 Å². The second-order valence-electron chi connectivity index (χ2n) is 5.71. The van der Waals surface area contributed by atoms with Gasteiger partial charge in [-0.15, -0.1) is 11.3 Å². The average Bonchev–Trinajstić information content (AvgIpc) is 3.05. The topological polar surface area (TPSA) is 63.6 Å². The summed E-state index contributed by atoms with van der Waals surface area (Å²) in [5.74, 6) is 2.08. The fraction of sp³-hybridized carbons (Fsp3) is 0.111. The van der Waals surface area contributed by atoms with Gasteiger partial charge in [-0.1, -0.05) is 29.3 Å². The smallest absolute Gasteiger partial charge is 0.151 e. The molecule has 1 N–H and O–H groups in total. The summed E-state index contributed by atoms with van der Waals surface area (Å²) in [4.78, 5) is 17.8. The predicted molar refractivity (Wildman–Crippen MR) is 108 cm³/mol. The molecule has 5 nitrogen and oxygen atoms in total. The summed E-state index contributed by atoms with van der Waals surface area (Å²) in [6, 6.07) is 7.30. The zero-order valence-electron chi connectivity index (χ0n) is 13.9. The van der Waals surface area contributed by atoms with Gasteiger partial charge < -0.3 is 5.32 Å². The van der Waals surface area contributed by atoms with Gasteiger partial charge in [0.1, 0.15) is 11.6 Å². The molecular weight excluding hydrogens is 389 g/mol. The summed E-state index contributed by atoms with van der Waals surface area (Å²) in [7, 11) is 0. The lowest BCUT2D eigenvalue weighted by molar-refractivity contribution is 1.01. The van der Waals surface area contributed by atoms with Crippen molar-refractivity contribution >= 4 is 56.4 Å². The monoisotopic (exact) mass is 401 g/mol. The minimum Gasteiger partial charge on any atom is -0.324 e. The van der Waals surface area contributed by atoms with Crippen LogP contribution in [-0.2, 0) is 0 Å². The van der Waals surface area contributed by atoms with Crippen molar-refractivity contribution in [3.63, 3.8) is 0 Å². The molecule has 0 saturated carbocycles. The first-order valence-electron chi connectivity index (χ1n) is 7.79. The van der Waals surface area contributed by atoms with Crippen LogP contribution in [0.5, 0.6) is 0 Å². The van der Waals surface area contributed by atoms with E-state index in [1.54, 1.807) is 23.8 Å². The Balaban J connectivity index is 1.84. The van der Waals surface area contributed by atoms with Crippen molar-refractivity contribution in [2.24, 2.45) is 0 Å². The van der Waals surface area contributed by atoms with Crippen LogP contribution in [0.4, 0.5) is 11.6 Å². The molecule has 0 amide bonds. The Kier molecular flexibility index (Phi) is 4.48. The van der Waals surface area contributed by atoms with E-state index in [1.165, 1.54) is 11.3 Å². The Morgan fingerprint density at radius 3 is 2.54 bits per heavy atom. The van der Waals surface area contributed by atoms with Crippen molar-refractivity contribution in [1.82, 2.24) is 19.9 Å². The molecule has 0 bridgehead atoms. The number of hydrogen-bond donors (Lipinski definition) is 1. The van der Waals surface area contributed by atoms with Crippen LogP contribution in [0.2, 0.25) is 10.0 Å². The van der Waals surface area contributed by atoms with E-state index >= 15 is 0 Å². The molecule has 26 heavy (non-hydrogen) atoms. The first kappa shape index (κ1) is 17.1. The second kappa shape index (κ2) is 6.79. The van der Waals surface area contributed by atoms with Crippen molar-refractivity contribution in [2.75, 3.05) is 5.32 Å². The summed E-state index contributed by atoms with van der Waals surface area (Å²) in [5.41, 5.74) is 5.00. The number of benzene rings is 1. The number of halogens is 2. The lowest BCUT2D eigenvalue weighted by Crippen LogP contribution is -2.00. The van der Waals surface area contributed by atoms with Gasteiger partial charge >= 0.3 is 0 Å². The average molecular weight is 402 g/mol. The van der Waals surface area contributed by atoms with Crippen LogP contribution in [0.3, 0.4) is 0 Å². The Bertz CT molecular complexity index is 1090. The van der Waals surface area contributed by atoms with Crippen LogP contribution in [0.1, 0.15) is 11.5 Å². The van der Waals surface area contributed by atoms with E-state index in [2.05, 4.69) is 25.3 Å². The lowest BCUT2D eigenvalue weighted by Gasteiger charge is -2.11. The maximum absolute atomic E-state index is 6.37. The Labute approximate surface area is 164 Å². The van der Waals surface area contributed by atoms with E-state index < -0.39 is 0 Å². The molecule has 3 aromatic heterocycles. The zero-order valence-corrected chi connectivity index (χ0v) is 16.2. The maximum Gasteiger partial charge on any atom is 0.151 e. The van der Waals surface area contributed by atoms with Crippen LogP contribution in [0.15, 0.2) is 36.0 Å². The Morgan fingerprint density at radius 1 is 1.04 bits per heavy atom. The summed E-state index contributed by atoms with van der Waals surface area (Å²) in [5, 5.41) is 4.40. The summed E-state index contributed by atoms with van der Waals surface area (Å²) in [6.45, 7) is 3.79. The fourth-order valence-corrected chi connectivity index (χ4v) is 4.14. The van der Waals surface area contributed by atoms with Crippen LogP contribution in [0.25, 0.3) is 21.3 Å². The van der Waals surface area contributed by atoms with Gasteiger partial charge in [-0.05, 0) is 26.0 Å². The van der Waals surface area contributed by atoms with Crippen LogP contribution >= 0.6 is 34.5 Å². The number of rotatable bonds is 3. The van der Waals surface area contributed by atoms with Crippen LogP contribution in [-0.4, -0.2) is 19.9 Å². The van der Waals surface area contributed by atoms with Gasteiger partial charge in [0.25, 0.3) is 0 Å². The van der Waals surface area contributed by atoms with Crippen molar-refractivity contribution < 1.29 is 0 Å². The van der Waals surface area contributed by atoms with E-state index in [0.29, 0.717) is 27.5 Å². The number of fused-ring (bicyclic) bond motifs is 1. The van der Waals surface area contributed by atoms with Gasteiger partial charge in [-0.25, -0.2) is 19.9 Å². The Morgan fingerprint density at radius 2 is 1.81 bits per heavy atom. The van der Waals surface area contributed by atoms with Crippen molar-refractivity contribution in [3.8, 4) is 11.1 Å². The summed E-state index contributed by atoms with van der Waals surface area (Å²) < 4.78 is 0.910. The Hall–Kier alpha value is -2.28. The molecule has 4 aromatic rings. The molecule has 130 valence electrons. The number of anilines is 2. The highest BCUT2D eigenvalue weighted by molar-refractivity contribution is 7.17. The molecule has 0 fully saturated rings. The minimum absolute atomic E-state index is 0.566. The van der Waals surface area contributed by atoms with Gasteiger partial charge in [0.05, 0.1) is 25.8 Å². The molecular formula is C18H13Cl2N5S. The normalized spacial score (nSPS) is 11.1. The number of nitrogens with one attached hydrogen (secondary N) is 1. The fourth-order valence-electron chi connectivity index (χ4n) is 2.78. The van der Waals surface area contributed by atoms with Gasteiger partial charge in [0.15, 0.2) is 5.82 Å². The lowest BCUT2D eigenvalue weighted by atomic mass is 10.1. The van der Waals surface area contributed by atoms with Gasteiger partial charge in [-0.3, -0.25) is 0 Å². The number of thiazole rings is 1. The highest BCUT2D eigenvalue weighted by atomic mass is 35.5. The highest BCUT2D eigenvalue weighted by Crippen LogP contribution is 2.40. The van der Waals surface area contributed by atoms with E-state index in [9.17, 15) is 0 Å². The number of pyridine rings is 1. The zero-order chi connectivity index (χ0) is 18.3. The second-order valence-corrected chi connectivity index (χ2v) is 7.38. The van der Waals surface area contributed by atoms with Crippen molar-refractivity contribution in [1.29, 1.82) is 0 Å². The third-order valence-corrected chi connectivity index (χ3v) is 5.27. The highest BCUT2D eigenvalue weighted by Gasteiger charge is 2.17. The molecule has 8 heteroatoms. The summed E-state index contributed by atoms with van der Waals surface area (Å²) >= 11 is 14.2. The molecule has 0 spiro atoms. The molecule has 0 unspecified atom stereocenters. The number of nitrogens with zero attached hydrogens (tertiary/aromatic N) is 4. The quantitative estimate of drug-likeness (QED) is 0.468. The van der Waals surface area contributed by atoms with Crippen molar-refractivity contribution in [3.05, 3.63) is 57.5 Å².